The Bertz CT molecular complexity index is 313. The zero-order valence-electron chi connectivity index (χ0n) is 10.3. The van der Waals surface area contributed by atoms with Gasteiger partial charge in [0.15, 0.2) is 16.1 Å². The standard InChI is InChI=1S/C12H22O4S/c13-17(14,11-5-2-1-3-6-11)10-7-12-15-8-4-9-16-12/h11-12H,1-10H2. The Hall–Kier alpha value is -0.130. The lowest BCUT2D eigenvalue weighted by atomic mass is 10.0. The Balaban J connectivity index is 1.79. The van der Waals surface area contributed by atoms with Crippen molar-refractivity contribution < 1.29 is 17.9 Å². The van der Waals surface area contributed by atoms with Crippen molar-refractivity contribution >= 4 is 9.84 Å². The molecule has 2 rings (SSSR count). The van der Waals surface area contributed by atoms with E-state index in [1.807, 2.05) is 0 Å². The molecule has 1 saturated carbocycles. The van der Waals surface area contributed by atoms with Gasteiger partial charge in [-0.15, -0.1) is 0 Å². The number of ether oxygens (including phenoxy) is 2. The Morgan fingerprint density at radius 2 is 1.59 bits per heavy atom. The Labute approximate surface area is 104 Å². The van der Waals surface area contributed by atoms with E-state index in [4.69, 9.17) is 9.47 Å². The van der Waals surface area contributed by atoms with E-state index in [-0.39, 0.29) is 17.3 Å². The van der Waals surface area contributed by atoms with Crippen molar-refractivity contribution in [2.24, 2.45) is 0 Å². The van der Waals surface area contributed by atoms with Crippen LogP contribution in [0.25, 0.3) is 0 Å². The lowest BCUT2D eigenvalue weighted by molar-refractivity contribution is -0.178. The quantitative estimate of drug-likeness (QED) is 0.776. The number of rotatable bonds is 4. The molecule has 0 radical (unpaired) electrons. The molecule has 5 heteroatoms. The molecule has 0 amide bonds. The monoisotopic (exact) mass is 262 g/mol. The first kappa shape index (κ1) is 13.3. The summed E-state index contributed by atoms with van der Waals surface area (Å²) in [6, 6.07) is 0. The van der Waals surface area contributed by atoms with Crippen LogP contribution in [0.3, 0.4) is 0 Å². The van der Waals surface area contributed by atoms with Crippen LogP contribution in [0.5, 0.6) is 0 Å². The van der Waals surface area contributed by atoms with Gasteiger partial charge in [-0.25, -0.2) is 8.42 Å². The molecule has 0 bridgehead atoms. The van der Waals surface area contributed by atoms with Crippen molar-refractivity contribution in [1.29, 1.82) is 0 Å². The highest BCUT2D eigenvalue weighted by molar-refractivity contribution is 7.92. The molecule has 0 aromatic heterocycles. The Morgan fingerprint density at radius 3 is 2.24 bits per heavy atom. The van der Waals surface area contributed by atoms with Crippen LogP contribution in [0.2, 0.25) is 0 Å². The van der Waals surface area contributed by atoms with Crippen LogP contribution >= 0.6 is 0 Å². The largest absolute Gasteiger partial charge is 0.353 e. The summed E-state index contributed by atoms with van der Waals surface area (Å²) in [6.07, 6.45) is 6.07. The van der Waals surface area contributed by atoms with Crippen molar-refractivity contribution in [3.05, 3.63) is 0 Å². The maximum absolute atomic E-state index is 12.1. The van der Waals surface area contributed by atoms with Crippen LogP contribution in [0, 0.1) is 0 Å². The van der Waals surface area contributed by atoms with E-state index in [2.05, 4.69) is 0 Å². The third kappa shape index (κ3) is 3.93. The molecule has 2 fully saturated rings. The number of hydrogen-bond acceptors (Lipinski definition) is 4. The first-order chi connectivity index (χ1) is 8.18. The van der Waals surface area contributed by atoms with Crippen LogP contribution in [0.15, 0.2) is 0 Å². The maximum atomic E-state index is 12.1. The van der Waals surface area contributed by atoms with Gasteiger partial charge in [-0.3, -0.25) is 0 Å². The van der Waals surface area contributed by atoms with Crippen molar-refractivity contribution in [2.45, 2.75) is 56.5 Å². The smallest absolute Gasteiger partial charge is 0.158 e. The van der Waals surface area contributed by atoms with Gasteiger partial charge >= 0.3 is 0 Å². The van der Waals surface area contributed by atoms with Gasteiger partial charge in [0, 0.05) is 6.42 Å². The van der Waals surface area contributed by atoms with Gasteiger partial charge in [0.2, 0.25) is 0 Å². The molecule has 0 aromatic rings. The van der Waals surface area contributed by atoms with Gasteiger partial charge in [0.25, 0.3) is 0 Å². The van der Waals surface area contributed by atoms with Crippen molar-refractivity contribution in [2.75, 3.05) is 19.0 Å². The second-order valence-corrected chi connectivity index (χ2v) is 7.34. The molecule has 0 atom stereocenters. The molecular formula is C12H22O4S. The fourth-order valence-electron chi connectivity index (χ4n) is 2.55. The van der Waals surface area contributed by atoms with Crippen LogP contribution in [0.1, 0.15) is 44.9 Å². The van der Waals surface area contributed by atoms with E-state index >= 15 is 0 Å². The summed E-state index contributed by atoms with van der Waals surface area (Å²) in [6.45, 7) is 1.38. The second kappa shape index (κ2) is 6.16. The lowest BCUT2D eigenvalue weighted by Crippen LogP contribution is -2.31. The van der Waals surface area contributed by atoms with E-state index in [1.165, 1.54) is 6.42 Å². The first-order valence-corrected chi connectivity index (χ1v) is 8.35. The number of sulfone groups is 1. The average molecular weight is 262 g/mol. The second-order valence-electron chi connectivity index (χ2n) is 4.94. The highest BCUT2D eigenvalue weighted by atomic mass is 32.2. The average Bonchev–Trinajstić information content (AvgIpc) is 2.39. The SMILES string of the molecule is O=S(=O)(CCC1OCCCO1)C1CCCCC1. The van der Waals surface area contributed by atoms with E-state index in [9.17, 15) is 8.42 Å². The minimum atomic E-state index is -2.94. The number of hydrogen-bond donors (Lipinski definition) is 0. The summed E-state index contributed by atoms with van der Waals surface area (Å²) >= 11 is 0. The molecule has 0 spiro atoms. The van der Waals surface area contributed by atoms with Crippen molar-refractivity contribution in [1.82, 2.24) is 0 Å². The van der Waals surface area contributed by atoms with E-state index in [0.717, 1.165) is 32.1 Å². The minimum Gasteiger partial charge on any atom is -0.353 e. The first-order valence-electron chi connectivity index (χ1n) is 6.63. The molecule has 17 heavy (non-hydrogen) atoms. The molecule has 0 N–H and O–H groups in total. The van der Waals surface area contributed by atoms with E-state index in [0.29, 0.717) is 19.6 Å². The summed E-state index contributed by atoms with van der Waals surface area (Å²) in [4.78, 5) is 0. The Morgan fingerprint density at radius 1 is 0.941 bits per heavy atom. The molecule has 4 nitrogen and oxygen atoms in total. The van der Waals surface area contributed by atoms with Crippen molar-refractivity contribution in [3.63, 3.8) is 0 Å². The van der Waals surface area contributed by atoms with E-state index < -0.39 is 9.84 Å². The van der Waals surface area contributed by atoms with Gasteiger partial charge in [-0.05, 0) is 19.3 Å². The van der Waals surface area contributed by atoms with Crippen LogP contribution in [-0.2, 0) is 19.3 Å². The zero-order chi connectivity index (χ0) is 12.1. The molecule has 1 heterocycles. The predicted molar refractivity (Wildman–Crippen MR) is 65.6 cm³/mol. The molecule has 100 valence electrons. The van der Waals surface area contributed by atoms with Gasteiger partial charge in [-0.2, -0.15) is 0 Å². The highest BCUT2D eigenvalue weighted by Gasteiger charge is 2.28. The van der Waals surface area contributed by atoms with Crippen molar-refractivity contribution in [3.8, 4) is 0 Å². The van der Waals surface area contributed by atoms with Crippen LogP contribution in [0.4, 0.5) is 0 Å². The molecule has 1 aliphatic heterocycles. The third-order valence-electron chi connectivity index (χ3n) is 3.59. The zero-order valence-corrected chi connectivity index (χ0v) is 11.1. The lowest BCUT2D eigenvalue weighted by Gasteiger charge is -2.25. The van der Waals surface area contributed by atoms with Crippen LogP contribution < -0.4 is 0 Å². The fraction of sp³-hybridized carbons (Fsp3) is 1.00. The predicted octanol–water partition coefficient (Wildman–Crippen LogP) is 1.89. The van der Waals surface area contributed by atoms with Crippen LogP contribution in [-0.4, -0.2) is 38.9 Å². The molecule has 0 unspecified atom stereocenters. The normalized spacial score (nSPS) is 24.9. The molecule has 1 aliphatic carbocycles. The fourth-order valence-corrected chi connectivity index (χ4v) is 4.46. The van der Waals surface area contributed by atoms with E-state index in [1.54, 1.807) is 0 Å². The Kier molecular flexibility index (Phi) is 4.82. The molecule has 1 saturated heterocycles. The van der Waals surface area contributed by atoms with Gasteiger partial charge in [0.1, 0.15) is 0 Å². The molecule has 0 aromatic carbocycles. The minimum absolute atomic E-state index is 0.111. The molecular weight excluding hydrogens is 240 g/mol. The topological polar surface area (TPSA) is 52.6 Å². The summed E-state index contributed by atoms with van der Waals surface area (Å²) in [5.41, 5.74) is 0. The summed E-state index contributed by atoms with van der Waals surface area (Å²) in [7, 11) is -2.94. The summed E-state index contributed by atoms with van der Waals surface area (Å²) in [5, 5.41) is -0.111. The third-order valence-corrected chi connectivity index (χ3v) is 5.89. The van der Waals surface area contributed by atoms with Gasteiger partial charge in [-0.1, -0.05) is 19.3 Å². The van der Waals surface area contributed by atoms with Gasteiger partial charge < -0.3 is 9.47 Å². The summed E-state index contributed by atoms with van der Waals surface area (Å²) in [5.74, 6) is 0.211. The van der Waals surface area contributed by atoms with Gasteiger partial charge in [0.05, 0.1) is 24.2 Å². The maximum Gasteiger partial charge on any atom is 0.158 e. The molecule has 2 aliphatic rings. The summed E-state index contributed by atoms with van der Waals surface area (Å²) < 4.78 is 35.0. The highest BCUT2D eigenvalue weighted by Crippen LogP contribution is 2.25.